The molecule has 130 valence electrons. The predicted octanol–water partition coefficient (Wildman–Crippen LogP) is 2.95. The minimum atomic E-state index is -0.317. The van der Waals surface area contributed by atoms with Crippen LogP contribution in [-0.2, 0) is 0 Å². The van der Waals surface area contributed by atoms with Gasteiger partial charge in [0.15, 0.2) is 0 Å². The maximum Gasteiger partial charge on any atom is 0.255 e. The van der Waals surface area contributed by atoms with Crippen molar-refractivity contribution in [3.63, 3.8) is 0 Å². The predicted molar refractivity (Wildman–Crippen MR) is 107 cm³/mol. The van der Waals surface area contributed by atoms with Crippen LogP contribution in [0.4, 0.5) is 28.4 Å². The van der Waals surface area contributed by atoms with Crippen molar-refractivity contribution < 1.29 is 4.79 Å². The number of hydrogen-bond acceptors (Lipinski definition) is 5. The molecular formula is C13H19Cl4N5O. The summed E-state index contributed by atoms with van der Waals surface area (Å²) in [5.74, 6) is -0.317. The van der Waals surface area contributed by atoms with Gasteiger partial charge in [0.1, 0.15) is 0 Å². The Kier molecular flexibility index (Phi) is 12.4. The first-order valence-electron chi connectivity index (χ1n) is 5.58. The molecule has 23 heavy (non-hydrogen) atoms. The molecule has 1 amide bonds. The molecule has 0 bridgehead atoms. The van der Waals surface area contributed by atoms with Crippen molar-refractivity contribution in [3.05, 3.63) is 42.0 Å². The standard InChI is InChI=1S/C13H15N5O.4ClH/c14-8-2-4-12(11(17)6-8)18-13(19)7-1-3-9(15)10(16)5-7;;;;/h1-6H,14-17H2,(H,18,19);4*1H. The van der Waals surface area contributed by atoms with Gasteiger partial charge >= 0.3 is 0 Å². The lowest BCUT2D eigenvalue weighted by atomic mass is 10.1. The van der Waals surface area contributed by atoms with E-state index < -0.39 is 0 Å². The molecule has 0 fully saturated rings. The fraction of sp³-hybridized carbons (Fsp3) is 0. The van der Waals surface area contributed by atoms with Crippen LogP contribution in [0.1, 0.15) is 10.4 Å². The zero-order valence-corrected chi connectivity index (χ0v) is 15.1. The van der Waals surface area contributed by atoms with E-state index in [4.69, 9.17) is 22.9 Å². The fourth-order valence-corrected chi connectivity index (χ4v) is 1.61. The van der Waals surface area contributed by atoms with Gasteiger partial charge in [-0.25, -0.2) is 0 Å². The fourth-order valence-electron chi connectivity index (χ4n) is 1.61. The smallest absolute Gasteiger partial charge is 0.255 e. The van der Waals surface area contributed by atoms with E-state index in [-0.39, 0.29) is 55.5 Å². The first-order chi connectivity index (χ1) is 8.97. The molecule has 0 saturated heterocycles. The number of nitrogens with two attached hydrogens (primary N) is 4. The average molecular weight is 403 g/mol. The molecule has 0 spiro atoms. The van der Waals surface area contributed by atoms with Crippen molar-refractivity contribution in [1.29, 1.82) is 0 Å². The Bertz CT molecular complexity index is 654. The average Bonchev–Trinajstić information content (AvgIpc) is 2.36. The van der Waals surface area contributed by atoms with Crippen LogP contribution in [0.5, 0.6) is 0 Å². The van der Waals surface area contributed by atoms with Gasteiger partial charge in [0.05, 0.1) is 22.7 Å². The highest BCUT2D eigenvalue weighted by molar-refractivity contribution is 6.06. The van der Waals surface area contributed by atoms with E-state index in [1.54, 1.807) is 30.3 Å². The molecule has 0 heterocycles. The molecule has 0 aliphatic carbocycles. The lowest BCUT2D eigenvalue weighted by molar-refractivity contribution is 0.102. The third-order valence-electron chi connectivity index (χ3n) is 2.67. The van der Waals surface area contributed by atoms with Gasteiger partial charge in [-0.1, -0.05) is 0 Å². The number of halogens is 4. The van der Waals surface area contributed by atoms with Gasteiger partial charge in [-0.3, -0.25) is 4.79 Å². The number of carbonyl (C=O) groups is 1. The summed E-state index contributed by atoms with van der Waals surface area (Å²) in [6.07, 6.45) is 0. The van der Waals surface area contributed by atoms with Gasteiger partial charge in [0.25, 0.3) is 5.91 Å². The Balaban J connectivity index is -0.000001000. The molecule has 9 N–H and O–H groups in total. The molecule has 2 aromatic carbocycles. The zero-order valence-electron chi connectivity index (χ0n) is 11.8. The van der Waals surface area contributed by atoms with Crippen LogP contribution in [0.3, 0.4) is 0 Å². The van der Waals surface area contributed by atoms with Gasteiger partial charge in [0, 0.05) is 11.3 Å². The highest BCUT2D eigenvalue weighted by Gasteiger charge is 2.09. The first-order valence-corrected chi connectivity index (χ1v) is 5.58. The van der Waals surface area contributed by atoms with Crippen LogP contribution in [0, 0.1) is 0 Å². The number of hydrogen-bond donors (Lipinski definition) is 5. The second-order valence-corrected chi connectivity index (χ2v) is 4.14. The third kappa shape index (κ3) is 6.50. The lowest BCUT2D eigenvalue weighted by Gasteiger charge is -2.09. The summed E-state index contributed by atoms with van der Waals surface area (Å²) < 4.78 is 0. The van der Waals surface area contributed by atoms with Gasteiger partial charge < -0.3 is 28.3 Å². The largest absolute Gasteiger partial charge is 0.399 e. The Hall–Kier alpha value is -1.73. The van der Waals surface area contributed by atoms with Crippen LogP contribution < -0.4 is 28.3 Å². The third-order valence-corrected chi connectivity index (χ3v) is 2.67. The van der Waals surface area contributed by atoms with Crippen LogP contribution in [0.2, 0.25) is 0 Å². The van der Waals surface area contributed by atoms with Crippen LogP contribution >= 0.6 is 49.6 Å². The molecule has 0 aromatic heterocycles. The first kappa shape index (κ1) is 26.2. The summed E-state index contributed by atoms with van der Waals surface area (Å²) in [5.41, 5.74) is 25.2. The highest BCUT2D eigenvalue weighted by atomic mass is 35.5. The number of nitrogen functional groups attached to an aromatic ring is 4. The van der Waals surface area contributed by atoms with Gasteiger partial charge in [-0.05, 0) is 36.4 Å². The SMILES string of the molecule is Cl.Cl.Cl.Cl.Nc1ccc(NC(=O)c2ccc(N)c(N)c2)c(N)c1. The van der Waals surface area contributed by atoms with E-state index in [1.807, 2.05) is 0 Å². The molecule has 0 saturated carbocycles. The molecule has 0 radical (unpaired) electrons. The summed E-state index contributed by atoms with van der Waals surface area (Å²) in [5, 5.41) is 2.68. The highest BCUT2D eigenvalue weighted by Crippen LogP contribution is 2.22. The minimum absolute atomic E-state index is 0. The van der Waals surface area contributed by atoms with Crippen molar-refractivity contribution in [2.24, 2.45) is 0 Å². The van der Waals surface area contributed by atoms with Crippen LogP contribution in [0.25, 0.3) is 0 Å². The monoisotopic (exact) mass is 401 g/mol. The molecule has 10 heteroatoms. The number of nitrogens with one attached hydrogen (secondary N) is 1. The van der Waals surface area contributed by atoms with Gasteiger partial charge in [-0.15, -0.1) is 49.6 Å². The summed E-state index contributed by atoms with van der Waals surface area (Å²) in [4.78, 5) is 12.0. The number of carbonyl (C=O) groups excluding carboxylic acids is 1. The van der Waals surface area contributed by atoms with E-state index in [9.17, 15) is 4.79 Å². The quantitative estimate of drug-likeness (QED) is 0.492. The van der Waals surface area contributed by atoms with Crippen molar-refractivity contribution in [2.45, 2.75) is 0 Å². The van der Waals surface area contributed by atoms with E-state index in [0.29, 0.717) is 34.0 Å². The maximum absolute atomic E-state index is 12.0. The summed E-state index contributed by atoms with van der Waals surface area (Å²) in [7, 11) is 0. The second-order valence-electron chi connectivity index (χ2n) is 4.14. The van der Waals surface area contributed by atoms with E-state index in [1.165, 1.54) is 6.07 Å². The molecule has 0 atom stereocenters. The van der Waals surface area contributed by atoms with Crippen molar-refractivity contribution in [3.8, 4) is 0 Å². The number of rotatable bonds is 2. The molecule has 0 unspecified atom stereocenters. The molecule has 0 aliphatic rings. The zero-order chi connectivity index (χ0) is 14.0. The maximum atomic E-state index is 12.0. The molecule has 0 aliphatic heterocycles. The summed E-state index contributed by atoms with van der Waals surface area (Å²) in [6.45, 7) is 0. The molecule has 2 rings (SSSR count). The van der Waals surface area contributed by atoms with Crippen LogP contribution in [0.15, 0.2) is 36.4 Å². The number of benzene rings is 2. The normalized spacial score (nSPS) is 8.35. The second kappa shape index (κ2) is 10.9. The van der Waals surface area contributed by atoms with Crippen LogP contribution in [-0.4, -0.2) is 5.91 Å². The summed E-state index contributed by atoms with van der Waals surface area (Å²) >= 11 is 0. The Morgan fingerprint density at radius 1 is 0.739 bits per heavy atom. The minimum Gasteiger partial charge on any atom is -0.399 e. The van der Waals surface area contributed by atoms with Crippen molar-refractivity contribution in [2.75, 3.05) is 28.3 Å². The molecule has 6 nitrogen and oxygen atoms in total. The topological polar surface area (TPSA) is 133 Å². The van der Waals surface area contributed by atoms with Gasteiger partial charge in [0.2, 0.25) is 0 Å². The Morgan fingerprint density at radius 2 is 1.35 bits per heavy atom. The van der Waals surface area contributed by atoms with Gasteiger partial charge in [-0.2, -0.15) is 0 Å². The van der Waals surface area contributed by atoms with E-state index in [2.05, 4.69) is 5.32 Å². The Labute approximate surface area is 159 Å². The molecule has 2 aromatic rings. The number of anilines is 5. The molecular weight excluding hydrogens is 384 g/mol. The van der Waals surface area contributed by atoms with Crippen molar-refractivity contribution >= 4 is 84.0 Å². The Morgan fingerprint density at radius 3 is 1.87 bits per heavy atom. The van der Waals surface area contributed by atoms with E-state index >= 15 is 0 Å². The number of amides is 1. The summed E-state index contributed by atoms with van der Waals surface area (Å²) in [6, 6.07) is 9.56. The lowest BCUT2D eigenvalue weighted by Crippen LogP contribution is -2.14. The van der Waals surface area contributed by atoms with Crippen molar-refractivity contribution in [1.82, 2.24) is 0 Å². The van der Waals surface area contributed by atoms with E-state index in [0.717, 1.165) is 0 Å².